The summed E-state index contributed by atoms with van der Waals surface area (Å²) in [5.74, 6) is 2.51. The van der Waals surface area contributed by atoms with E-state index < -0.39 is 0 Å². The summed E-state index contributed by atoms with van der Waals surface area (Å²) in [6, 6.07) is 7.58. The number of rotatable bonds is 5. The van der Waals surface area contributed by atoms with Crippen molar-refractivity contribution in [1.29, 1.82) is 0 Å². The number of methoxy groups -OCH3 is 2. The number of benzene rings is 1. The van der Waals surface area contributed by atoms with E-state index >= 15 is 0 Å². The van der Waals surface area contributed by atoms with Crippen LogP contribution >= 0.6 is 0 Å². The van der Waals surface area contributed by atoms with E-state index in [1.165, 1.54) is 0 Å². The van der Waals surface area contributed by atoms with Crippen molar-refractivity contribution < 1.29 is 9.47 Å². The summed E-state index contributed by atoms with van der Waals surface area (Å²) in [5, 5.41) is 9.92. The number of anilines is 1. The average molecular weight is 233 g/mol. The van der Waals surface area contributed by atoms with Crippen LogP contribution in [0.3, 0.4) is 0 Å². The normalized spacial score (nSPS) is 10.0. The number of aromatic amines is 1. The fourth-order valence-electron chi connectivity index (χ4n) is 1.56. The molecule has 5 heteroatoms. The Bertz CT molecular complexity index is 469. The molecule has 1 heterocycles. The van der Waals surface area contributed by atoms with Crippen LogP contribution < -0.4 is 14.8 Å². The lowest BCUT2D eigenvalue weighted by Crippen LogP contribution is -2.02. The third-order valence-corrected chi connectivity index (χ3v) is 2.46. The molecular formula is C12H15N3O2. The maximum atomic E-state index is 5.29. The van der Waals surface area contributed by atoms with Crippen molar-refractivity contribution in [2.24, 2.45) is 0 Å². The van der Waals surface area contributed by atoms with Gasteiger partial charge in [0, 0.05) is 12.1 Å². The molecule has 0 radical (unpaired) electrons. The molecule has 0 aliphatic carbocycles. The molecule has 2 aromatic rings. The Morgan fingerprint density at radius 2 is 2.12 bits per heavy atom. The number of hydrogen-bond donors (Lipinski definition) is 2. The van der Waals surface area contributed by atoms with Gasteiger partial charge < -0.3 is 14.8 Å². The molecule has 0 saturated carbocycles. The van der Waals surface area contributed by atoms with Crippen LogP contribution in [-0.4, -0.2) is 24.4 Å². The first-order chi connectivity index (χ1) is 8.33. The second-order valence-corrected chi connectivity index (χ2v) is 3.50. The van der Waals surface area contributed by atoms with E-state index in [2.05, 4.69) is 15.5 Å². The number of H-pyrrole nitrogens is 1. The molecule has 1 aromatic carbocycles. The van der Waals surface area contributed by atoms with Gasteiger partial charge >= 0.3 is 0 Å². The van der Waals surface area contributed by atoms with Gasteiger partial charge in [0.1, 0.15) is 17.3 Å². The highest BCUT2D eigenvalue weighted by atomic mass is 16.5. The zero-order valence-corrected chi connectivity index (χ0v) is 9.86. The summed E-state index contributed by atoms with van der Waals surface area (Å²) in [6.45, 7) is 0.641. The number of ether oxygens (including phenoxy) is 2. The number of aromatic nitrogens is 2. The van der Waals surface area contributed by atoms with E-state index in [9.17, 15) is 0 Å². The van der Waals surface area contributed by atoms with Crippen molar-refractivity contribution in [2.45, 2.75) is 6.54 Å². The van der Waals surface area contributed by atoms with Crippen LogP contribution in [0.4, 0.5) is 5.82 Å². The number of nitrogens with zero attached hydrogens (tertiary/aromatic N) is 1. The van der Waals surface area contributed by atoms with Crippen LogP contribution in [0.25, 0.3) is 0 Å². The Labute approximate surface area is 99.8 Å². The molecule has 0 bridgehead atoms. The molecule has 0 fully saturated rings. The maximum Gasteiger partial charge on any atom is 0.124 e. The molecule has 0 amide bonds. The van der Waals surface area contributed by atoms with Crippen LogP contribution in [0, 0.1) is 0 Å². The van der Waals surface area contributed by atoms with Gasteiger partial charge in [0.25, 0.3) is 0 Å². The SMILES string of the molecule is COc1ccc(OC)c(CNc2ccn[nH]2)c1. The fourth-order valence-corrected chi connectivity index (χ4v) is 1.56. The summed E-state index contributed by atoms with van der Waals surface area (Å²) in [4.78, 5) is 0. The van der Waals surface area contributed by atoms with Gasteiger partial charge in [-0.25, -0.2) is 0 Å². The van der Waals surface area contributed by atoms with Gasteiger partial charge in [0.05, 0.1) is 20.4 Å². The van der Waals surface area contributed by atoms with Crippen molar-refractivity contribution in [3.63, 3.8) is 0 Å². The molecule has 0 aliphatic rings. The second-order valence-electron chi connectivity index (χ2n) is 3.50. The zero-order chi connectivity index (χ0) is 12.1. The van der Waals surface area contributed by atoms with E-state index in [-0.39, 0.29) is 0 Å². The third-order valence-electron chi connectivity index (χ3n) is 2.46. The smallest absolute Gasteiger partial charge is 0.124 e. The Hall–Kier alpha value is -2.17. The largest absolute Gasteiger partial charge is 0.497 e. The molecule has 2 N–H and O–H groups in total. The molecule has 2 rings (SSSR count). The lowest BCUT2D eigenvalue weighted by Gasteiger charge is -2.11. The number of hydrogen-bond acceptors (Lipinski definition) is 4. The van der Waals surface area contributed by atoms with Gasteiger partial charge in [-0.05, 0) is 24.3 Å². The van der Waals surface area contributed by atoms with E-state index in [4.69, 9.17) is 9.47 Å². The molecule has 17 heavy (non-hydrogen) atoms. The van der Waals surface area contributed by atoms with Gasteiger partial charge in [-0.3, -0.25) is 5.10 Å². The summed E-state index contributed by atoms with van der Waals surface area (Å²) in [6.07, 6.45) is 1.70. The molecule has 0 unspecified atom stereocenters. The monoisotopic (exact) mass is 233 g/mol. The highest BCUT2D eigenvalue weighted by molar-refractivity contribution is 5.43. The average Bonchev–Trinajstić information content (AvgIpc) is 2.89. The lowest BCUT2D eigenvalue weighted by molar-refractivity contribution is 0.399. The van der Waals surface area contributed by atoms with Crippen LogP contribution in [0.15, 0.2) is 30.5 Å². The lowest BCUT2D eigenvalue weighted by atomic mass is 10.2. The summed E-state index contributed by atoms with van der Waals surface area (Å²) >= 11 is 0. The van der Waals surface area contributed by atoms with E-state index in [1.54, 1.807) is 20.4 Å². The molecule has 0 aliphatic heterocycles. The van der Waals surface area contributed by atoms with E-state index in [1.807, 2.05) is 24.3 Å². The molecule has 90 valence electrons. The quantitative estimate of drug-likeness (QED) is 0.829. The van der Waals surface area contributed by atoms with Gasteiger partial charge in [-0.1, -0.05) is 0 Å². The van der Waals surface area contributed by atoms with Gasteiger partial charge in [-0.2, -0.15) is 5.10 Å². The molecule has 0 saturated heterocycles. The third kappa shape index (κ3) is 2.69. The van der Waals surface area contributed by atoms with Crippen molar-refractivity contribution in [1.82, 2.24) is 10.2 Å². The minimum atomic E-state index is 0.641. The Kier molecular flexibility index (Phi) is 3.49. The Morgan fingerprint density at radius 3 is 2.76 bits per heavy atom. The zero-order valence-electron chi connectivity index (χ0n) is 9.86. The van der Waals surface area contributed by atoms with Crippen LogP contribution in [0.2, 0.25) is 0 Å². The highest BCUT2D eigenvalue weighted by Gasteiger charge is 2.05. The summed E-state index contributed by atoms with van der Waals surface area (Å²) in [7, 11) is 3.30. The minimum absolute atomic E-state index is 0.641. The van der Waals surface area contributed by atoms with Crippen LogP contribution in [0.5, 0.6) is 11.5 Å². The van der Waals surface area contributed by atoms with Crippen molar-refractivity contribution >= 4 is 5.82 Å². The van der Waals surface area contributed by atoms with E-state index in [0.717, 1.165) is 22.9 Å². The predicted molar refractivity (Wildman–Crippen MR) is 65.5 cm³/mol. The van der Waals surface area contributed by atoms with Crippen molar-refractivity contribution in [3.8, 4) is 11.5 Å². The first kappa shape index (κ1) is 11.3. The first-order valence-electron chi connectivity index (χ1n) is 5.27. The minimum Gasteiger partial charge on any atom is -0.497 e. The summed E-state index contributed by atoms with van der Waals surface area (Å²) in [5.41, 5.74) is 1.03. The maximum absolute atomic E-state index is 5.29. The first-order valence-corrected chi connectivity index (χ1v) is 5.27. The van der Waals surface area contributed by atoms with Crippen LogP contribution in [-0.2, 0) is 6.54 Å². The number of nitrogens with one attached hydrogen (secondary N) is 2. The van der Waals surface area contributed by atoms with E-state index in [0.29, 0.717) is 6.54 Å². The fraction of sp³-hybridized carbons (Fsp3) is 0.250. The van der Waals surface area contributed by atoms with Gasteiger partial charge in [0.15, 0.2) is 0 Å². The van der Waals surface area contributed by atoms with Crippen molar-refractivity contribution in [3.05, 3.63) is 36.0 Å². The molecule has 5 nitrogen and oxygen atoms in total. The second kappa shape index (κ2) is 5.25. The molecule has 0 spiro atoms. The molecular weight excluding hydrogens is 218 g/mol. The molecule has 1 aromatic heterocycles. The molecule has 0 atom stereocenters. The van der Waals surface area contributed by atoms with Gasteiger partial charge in [-0.15, -0.1) is 0 Å². The Balaban J connectivity index is 2.12. The predicted octanol–water partition coefficient (Wildman–Crippen LogP) is 2.04. The van der Waals surface area contributed by atoms with Crippen LogP contribution in [0.1, 0.15) is 5.56 Å². The summed E-state index contributed by atoms with van der Waals surface area (Å²) < 4.78 is 10.5. The highest BCUT2D eigenvalue weighted by Crippen LogP contribution is 2.24. The Morgan fingerprint density at radius 1 is 1.24 bits per heavy atom. The van der Waals surface area contributed by atoms with Crippen molar-refractivity contribution in [2.75, 3.05) is 19.5 Å². The topological polar surface area (TPSA) is 59.2 Å². The standard InChI is InChI=1S/C12H15N3O2/c1-16-10-3-4-11(17-2)9(7-10)8-13-12-5-6-14-15-12/h3-7H,8H2,1-2H3,(H2,13,14,15). The van der Waals surface area contributed by atoms with Gasteiger partial charge in [0.2, 0.25) is 0 Å².